The predicted octanol–water partition coefficient (Wildman–Crippen LogP) is 3.56. The zero-order valence-corrected chi connectivity index (χ0v) is 10.4. The number of benzene rings is 1. The first-order chi connectivity index (χ1) is 7.15. The van der Waals surface area contributed by atoms with Crippen molar-refractivity contribution < 1.29 is 0 Å². The molecule has 0 spiro atoms. The second-order valence-corrected chi connectivity index (χ2v) is 6.35. The van der Waals surface area contributed by atoms with Gasteiger partial charge in [-0.3, -0.25) is 0 Å². The molecule has 0 unspecified atom stereocenters. The molecule has 1 saturated carbocycles. The Balaban J connectivity index is 2.11. The van der Waals surface area contributed by atoms with Crippen LogP contribution in [0.25, 0.3) is 0 Å². The number of hydrogen-bond donors (Lipinski definition) is 1. The lowest BCUT2D eigenvalue weighted by Gasteiger charge is -2.45. The molecule has 0 aromatic heterocycles. The molecule has 82 valence electrons. The first-order valence-corrected chi connectivity index (χ1v) is 6.48. The van der Waals surface area contributed by atoms with Gasteiger partial charge in [0.25, 0.3) is 0 Å². The maximum absolute atomic E-state index is 6.14. The van der Waals surface area contributed by atoms with E-state index in [1.807, 2.05) is 30.0 Å². The van der Waals surface area contributed by atoms with E-state index in [2.05, 4.69) is 13.0 Å². The Hall–Kier alpha value is -0.180. The van der Waals surface area contributed by atoms with Crippen molar-refractivity contribution in [2.45, 2.75) is 29.4 Å². The lowest BCUT2D eigenvalue weighted by Crippen LogP contribution is -2.45. The van der Waals surface area contributed by atoms with E-state index in [4.69, 9.17) is 17.3 Å². The van der Waals surface area contributed by atoms with Crippen molar-refractivity contribution >= 4 is 23.4 Å². The van der Waals surface area contributed by atoms with Gasteiger partial charge in [-0.1, -0.05) is 30.7 Å². The van der Waals surface area contributed by atoms with E-state index in [9.17, 15) is 0 Å². The minimum atomic E-state index is 0.240. The summed E-state index contributed by atoms with van der Waals surface area (Å²) in [6.45, 7) is 3.02. The quantitative estimate of drug-likeness (QED) is 0.876. The SMILES string of the molecule is CC1CC(CN)(Sc2ccccc2Cl)C1. The van der Waals surface area contributed by atoms with Gasteiger partial charge < -0.3 is 5.73 Å². The minimum Gasteiger partial charge on any atom is -0.329 e. The van der Waals surface area contributed by atoms with Gasteiger partial charge in [0.15, 0.2) is 0 Å². The van der Waals surface area contributed by atoms with E-state index in [1.54, 1.807) is 0 Å². The molecular weight excluding hydrogens is 226 g/mol. The second-order valence-electron chi connectivity index (χ2n) is 4.43. The largest absolute Gasteiger partial charge is 0.329 e. The zero-order chi connectivity index (χ0) is 10.9. The van der Waals surface area contributed by atoms with Crippen molar-refractivity contribution in [1.29, 1.82) is 0 Å². The van der Waals surface area contributed by atoms with Crippen LogP contribution in [0.1, 0.15) is 19.8 Å². The fourth-order valence-electron chi connectivity index (χ4n) is 2.26. The lowest BCUT2D eigenvalue weighted by molar-refractivity contribution is 0.257. The Labute approximate surface area is 100 Å². The van der Waals surface area contributed by atoms with Crippen molar-refractivity contribution in [3.8, 4) is 0 Å². The molecule has 0 atom stereocenters. The highest BCUT2D eigenvalue weighted by molar-refractivity contribution is 8.00. The lowest BCUT2D eigenvalue weighted by atomic mass is 9.75. The Morgan fingerprint density at radius 2 is 2.13 bits per heavy atom. The molecule has 0 aliphatic heterocycles. The minimum absolute atomic E-state index is 0.240. The number of nitrogens with two attached hydrogens (primary N) is 1. The number of thioether (sulfide) groups is 1. The molecule has 0 amide bonds. The Bertz CT molecular complexity index is 347. The molecule has 2 rings (SSSR count). The third-order valence-electron chi connectivity index (χ3n) is 2.98. The Morgan fingerprint density at radius 1 is 1.47 bits per heavy atom. The van der Waals surface area contributed by atoms with Crippen molar-refractivity contribution in [2.75, 3.05) is 6.54 Å². The van der Waals surface area contributed by atoms with Crippen LogP contribution in [0.4, 0.5) is 0 Å². The molecule has 1 aromatic carbocycles. The summed E-state index contributed by atoms with van der Waals surface area (Å²) >= 11 is 7.99. The molecule has 1 aliphatic carbocycles. The average Bonchev–Trinajstić information content (AvgIpc) is 2.18. The van der Waals surface area contributed by atoms with Crippen molar-refractivity contribution in [3.63, 3.8) is 0 Å². The molecule has 1 fully saturated rings. The van der Waals surface area contributed by atoms with Crippen LogP contribution in [-0.2, 0) is 0 Å². The smallest absolute Gasteiger partial charge is 0.0542 e. The van der Waals surface area contributed by atoms with Crippen LogP contribution in [0.3, 0.4) is 0 Å². The average molecular weight is 242 g/mol. The topological polar surface area (TPSA) is 26.0 Å². The molecule has 0 heterocycles. The van der Waals surface area contributed by atoms with Crippen LogP contribution in [0, 0.1) is 5.92 Å². The Kier molecular flexibility index (Phi) is 3.29. The number of hydrogen-bond acceptors (Lipinski definition) is 2. The molecule has 3 heteroatoms. The number of rotatable bonds is 3. The molecule has 0 radical (unpaired) electrons. The summed E-state index contributed by atoms with van der Waals surface area (Å²) in [5.74, 6) is 0.809. The highest BCUT2D eigenvalue weighted by Gasteiger charge is 2.41. The van der Waals surface area contributed by atoms with E-state index in [1.165, 1.54) is 12.8 Å². The monoisotopic (exact) mass is 241 g/mol. The standard InChI is InChI=1S/C12H16ClNS/c1-9-6-12(7-9,8-14)15-11-5-3-2-4-10(11)13/h2-5,9H,6-8,14H2,1H3. The van der Waals surface area contributed by atoms with Gasteiger partial charge in [-0.25, -0.2) is 0 Å². The fourth-order valence-corrected chi connectivity index (χ4v) is 4.11. The van der Waals surface area contributed by atoms with Gasteiger partial charge in [0, 0.05) is 16.2 Å². The predicted molar refractivity (Wildman–Crippen MR) is 67.5 cm³/mol. The maximum atomic E-state index is 6.14. The fraction of sp³-hybridized carbons (Fsp3) is 0.500. The normalized spacial score (nSPS) is 29.9. The molecular formula is C12H16ClNS. The molecule has 15 heavy (non-hydrogen) atoms. The summed E-state index contributed by atoms with van der Waals surface area (Å²) in [4.78, 5) is 1.16. The molecule has 1 aliphatic rings. The summed E-state index contributed by atoms with van der Waals surface area (Å²) in [5, 5.41) is 0.842. The highest BCUT2D eigenvalue weighted by atomic mass is 35.5. The zero-order valence-electron chi connectivity index (χ0n) is 8.87. The molecule has 2 N–H and O–H groups in total. The molecule has 0 saturated heterocycles. The van der Waals surface area contributed by atoms with Gasteiger partial charge in [0.05, 0.1) is 5.02 Å². The summed E-state index contributed by atoms with van der Waals surface area (Å²) in [7, 11) is 0. The molecule has 0 bridgehead atoms. The first-order valence-electron chi connectivity index (χ1n) is 5.29. The van der Waals surface area contributed by atoms with Gasteiger partial charge in [-0.15, -0.1) is 11.8 Å². The first kappa shape index (κ1) is 11.3. The van der Waals surface area contributed by atoms with Gasteiger partial charge >= 0.3 is 0 Å². The summed E-state index contributed by atoms with van der Waals surface area (Å²) < 4.78 is 0.240. The van der Waals surface area contributed by atoms with E-state index >= 15 is 0 Å². The van der Waals surface area contributed by atoms with Gasteiger partial charge in [-0.05, 0) is 30.9 Å². The van der Waals surface area contributed by atoms with Gasteiger partial charge in [0.2, 0.25) is 0 Å². The summed E-state index contributed by atoms with van der Waals surface area (Å²) in [5.41, 5.74) is 5.87. The van der Waals surface area contributed by atoms with Gasteiger partial charge in [-0.2, -0.15) is 0 Å². The van der Waals surface area contributed by atoms with E-state index in [0.29, 0.717) is 0 Å². The Morgan fingerprint density at radius 3 is 2.67 bits per heavy atom. The van der Waals surface area contributed by atoms with Crippen LogP contribution in [0.2, 0.25) is 5.02 Å². The van der Waals surface area contributed by atoms with E-state index < -0.39 is 0 Å². The summed E-state index contributed by atoms with van der Waals surface area (Å²) in [6.07, 6.45) is 2.42. The number of halogens is 1. The van der Waals surface area contributed by atoms with Crippen molar-refractivity contribution in [2.24, 2.45) is 11.7 Å². The van der Waals surface area contributed by atoms with Crippen LogP contribution in [0.15, 0.2) is 29.2 Å². The van der Waals surface area contributed by atoms with Crippen LogP contribution < -0.4 is 5.73 Å². The molecule has 1 aromatic rings. The van der Waals surface area contributed by atoms with Crippen LogP contribution >= 0.6 is 23.4 Å². The summed E-state index contributed by atoms with van der Waals surface area (Å²) in [6, 6.07) is 8.01. The van der Waals surface area contributed by atoms with Crippen LogP contribution in [0.5, 0.6) is 0 Å². The van der Waals surface area contributed by atoms with Crippen molar-refractivity contribution in [3.05, 3.63) is 29.3 Å². The van der Waals surface area contributed by atoms with Gasteiger partial charge in [0.1, 0.15) is 0 Å². The second kappa shape index (κ2) is 4.36. The molecule has 1 nitrogen and oxygen atoms in total. The highest BCUT2D eigenvalue weighted by Crippen LogP contribution is 2.51. The van der Waals surface area contributed by atoms with Crippen LogP contribution in [-0.4, -0.2) is 11.3 Å². The maximum Gasteiger partial charge on any atom is 0.0542 e. The third-order valence-corrected chi connectivity index (χ3v) is 4.93. The van der Waals surface area contributed by atoms with E-state index in [0.717, 1.165) is 22.4 Å². The van der Waals surface area contributed by atoms with E-state index in [-0.39, 0.29) is 4.75 Å². The third kappa shape index (κ3) is 2.32. The van der Waals surface area contributed by atoms with Crippen molar-refractivity contribution in [1.82, 2.24) is 0 Å².